The van der Waals surface area contributed by atoms with Crippen molar-refractivity contribution in [2.75, 3.05) is 4.90 Å². The Morgan fingerprint density at radius 3 is 2.48 bits per heavy atom. The van der Waals surface area contributed by atoms with Gasteiger partial charge in [0.2, 0.25) is 0 Å². The molecule has 144 valence electrons. The van der Waals surface area contributed by atoms with Gasteiger partial charge in [0.25, 0.3) is 11.7 Å². The van der Waals surface area contributed by atoms with Crippen LogP contribution in [0.25, 0.3) is 5.76 Å². The molecule has 7 heteroatoms. The minimum Gasteiger partial charge on any atom is -0.507 e. The molecule has 1 N–H and O–H groups in total. The molecular weight excluding hydrogens is 395 g/mol. The van der Waals surface area contributed by atoms with E-state index in [4.69, 9.17) is 11.6 Å². The van der Waals surface area contributed by atoms with Crippen LogP contribution in [0.5, 0.6) is 0 Å². The van der Waals surface area contributed by atoms with Gasteiger partial charge in [-0.15, -0.1) is 0 Å². The first-order valence-electron chi connectivity index (χ1n) is 8.70. The van der Waals surface area contributed by atoms with E-state index < -0.39 is 23.5 Å². The molecule has 1 fully saturated rings. The first-order chi connectivity index (χ1) is 14.0. The van der Waals surface area contributed by atoms with E-state index in [1.165, 1.54) is 41.4 Å². The Bertz CT molecular complexity index is 1130. The van der Waals surface area contributed by atoms with E-state index in [9.17, 15) is 19.1 Å². The highest BCUT2D eigenvalue weighted by Gasteiger charge is 2.47. The van der Waals surface area contributed by atoms with Gasteiger partial charge in [-0.25, -0.2) is 4.39 Å². The molecule has 0 radical (unpaired) electrons. The molecule has 0 bridgehead atoms. The summed E-state index contributed by atoms with van der Waals surface area (Å²) < 4.78 is 13.4. The molecule has 1 aromatic heterocycles. The number of rotatable bonds is 3. The zero-order valence-corrected chi connectivity index (χ0v) is 15.7. The summed E-state index contributed by atoms with van der Waals surface area (Å²) in [5.41, 5.74) is 1.07. The van der Waals surface area contributed by atoms with Crippen molar-refractivity contribution in [3.63, 3.8) is 0 Å². The molecule has 2 heterocycles. The first-order valence-corrected chi connectivity index (χ1v) is 9.07. The predicted molar refractivity (Wildman–Crippen MR) is 107 cm³/mol. The van der Waals surface area contributed by atoms with Crippen LogP contribution in [0.2, 0.25) is 5.02 Å². The summed E-state index contributed by atoms with van der Waals surface area (Å²) in [5, 5.41) is 11.3. The standard InChI is InChI=1S/C22H14ClFN2O3/c23-15-5-1-3-13(11-15)20(27)18-19(14-4-2-10-25-12-14)26(22(29)21(18)28)17-8-6-16(24)7-9-17/h1-12,19,27H/b20-18-. The lowest BCUT2D eigenvalue weighted by Crippen LogP contribution is -2.29. The van der Waals surface area contributed by atoms with E-state index in [-0.39, 0.29) is 11.3 Å². The number of benzene rings is 2. The van der Waals surface area contributed by atoms with Gasteiger partial charge in [-0.2, -0.15) is 0 Å². The van der Waals surface area contributed by atoms with Crippen molar-refractivity contribution >= 4 is 34.7 Å². The largest absolute Gasteiger partial charge is 0.507 e. The quantitative estimate of drug-likeness (QED) is 0.393. The normalized spacial score (nSPS) is 18.3. The maximum atomic E-state index is 13.4. The Kier molecular flexibility index (Phi) is 4.86. The number of nitrogens with zero attached hydrogens (tertiary/aromatic N) is 2. The van der Waals surface area contributed by atoms with Crippen molar-refractivity contribution in [3.05, 3.63) is 101 Å². The number of halogens is 2. The molecule has 1 aliphatic heterocycles. The topological polar surface area (TPSA) is 70.5 Å². The molecule has 29 heavy (non-hydrogen) atoms. The highest BCUT2D eigenvalue weighted by Crippen LogP contribution is 2.42. The van der Waals surface area contributed by atoms with Crippen LogP contribution in [0.3, 0.4) is 0 Å². The maximum absolute atomic E-state index is 13.4. The lowest BCUT2D eigenvalue weighted by molar-refractivity contribution is -0.132. The average molecular weight is 409 g/mol. The number of pyridine rings is 1. The van der Waals surface area contributed by atoms with Crippen LogP contribution in [0.4, 0.5) is 10.1 Å². The molecule has 0 aliphatic carbocycles. The fraction of sp³-hybridized carbons (Fsp3) is 0.0455. The summed E-state index contributed by atoms with van der Waals surface area (Å²) >= 11 is 6.01. The van der Waals surface area contributed by atoms with Crippen molar-refractivity contribution in [1.82, 2.24) is 4.98 Å². The molecule has 4 rings (SSSR count). The number of aliphatic hydroxyl groups excluding tert-OH is 1. The number of carbonyl (C=O) groups is 2. The molecule has 5 nitrogen and oxygen atoms in total. The van der Waals surface area contributed by atoms with Crippen molar-refractivity contribution in [2.24, 2.45) is 0 Å². The number of anilines is 1. The van der Waals surface area contributed by atoms with E-state index in [0.717, 1.165) is 0 Å². The fourth-order valence-electron chi connectivity index (χ4n) is 3.34. The van der Waals surface area contributed by atoms with Crippen molar-refractivity contribution in [2.45, 2.75) is 6.04 Å². The van der Waals surface area contributed by atoms with Gasteiger partial charge in [0, 0.05) is 28.7 Å². The van der Waals surface area contributed by atoms with Crippen molar-refractivity contribution in [3.8, 4) is 0 Å². The van der Waals surface area contributed by atoms with Gasteiger partial charge >= 0.3 is 0 Å². The van der Waals surface area contributed by atoms with Gasteiger partial charge < -0.3 is 5.11 Å². The maximum Gasteiger partial charge on any atom is 0.300 e. The van der Waals surface area contributed by atoms with Crippen LogP contribution in [-0.2, 0) is 9.59 Å². The molecule has 1 unspecified atom stereocenters. The Morgan fingerprint density at radius 2 is 1.83 bits per heavy atom. The first kappa shape index (κ1) is 18.8. The van der Waals surface area contributed by atoms with Gasteiger partial charge in [0.1, 0.15) is 11.6 Å². The summed E-state index contributed by atoms with van der Waals surface area (Å²) in [7, 11) is 0. The second kappa shape index (κ2) is 7.48. The van der Waals surface area contributed by atoms with E-state index in [0.29, 0.717) is 21.8 Å². The average Bonchev–Trinajstić information content (AvgIpc) is 3.00. The molecule has 1 atom stereocenters. The van der Waals surface area contributed by atoms with Crippen LogP contribution in [0, 0.1) is 5.82 Å². The Hall–Kier alpha value is -3.51. The van der Waals surface area contributed by atoms with E-state index in [1.54, 1.807) is 36.5 Å². The number of hydrogen-bond acceptors (Lipinski definition) is 4. The van der Waals surface area contributed by atoms with Crippen LogP contribution in [0.15, 0.2) is 78.6 Å². The van der Waals surface area contributed by atoms with Crippen molar-refractivity contribution in [1.29, 1.82) is 0 Å². The number of hydrogen-bond donors (Lipinski definition) is 1. The van der Waals surface area contributed by atoms with E-state index in [1.807, 2.05) is 0 Å². The molecule has 1 amide bonds. The number of carbonyl (C=O) groups excluding carboxylic acids is 2. The number of Topliss-reactive ketones (excluding diaryl/α,β-unsaturated/α-hetero) is 1. The summed E-state index contributed by atoms with van der Waals surface area (Å²) in [4.78, 5) is 31.1. The third kappa shape index (κ3) is 3.39. The fourth-order valence-corrected chi connectivity index (χ4v) is 3.54. The zero-order valence-electron chi connectivity index (χ0n) is 14.9. The van der Waals surface area contributed by atoms with Gasteiger partial charge in [-0.3, -0.25) is 19.5 Å². The molecule has 0 spiro atoms. The Morgan fingerprint density at radius 1 is 1.07 bits per heavy atom. The zero-order chi connectivity index (χ0) is 20.5. The highest BCUT2D eigenvalue weighted by molar-refractivity contribution is 6.51. The summed E-state index contributed by atoms with van der Waals surface area (Å²) in [6.07, 6.45) is 3.07. The number of aromatic nitrogens is 1. The molecular formula is C22H14ClFN2O3. The second-order valence-electron chi connectivity index (χ2n) is 6.44. The van der Waals surface area contributed by atoms with Crippen LogP contribution in [-0.4, -0.2) is 21.8 Å². The third-order valence-electron chi connectivity index (χ3n) is 4.65. The van der Waals surface area contributed by atoms with Gasteiger partial charge in [-0.1, -0.05) is 29.8 Å². The van der Waals surface area contributed by atoms with Crippen molar-refractivity contribution < 1.29 is 19.1 Å². The number of ketones is 1. The Labute approximate surface area is 170 Å². The van der Waals surface area contributed by atoms with Crippen LogP contribution < -0.4 is 4.90 Å². The van der Waals surface area contributed by atoms with Gasteiger partial charge in [0.15, 0.2) is 0 Å². The lowest BCUT2D eigenvalue weighted by atomic mass is 9.96. The summed E-state index contributed by atoms with van der Waals surface area (Å²) in [6.45, 7) is 0. The second-order valence-corrected chi connectivity index (χ2v) is 6.88. The minimum atomic E-state index is -0.923. The minimum absolute atomic E-state index is 0.0883. The third-order valence-corrected chi connectivity index (χ3v) is 4.88. The molecule has 1 saturated heterocycles. The SMILES string of the molecule is O=C1C(=O)N(c2ccc(F)cc2)C(c2cccnc2)/C1=C(/O)c1cccc(Cl)c1. The smallest absolute Gasteiger partial charge is 0.300 e. The highest BCUT2D eigenvalue weighted by atomic mass is 35.5. The monoisotopic (exact) mass is 408 g/mol. The number of aliphatic hydroxyl groups is 1. The summed E-state index contributed by atoms with van der Waals surface area (Å²) in [6, 6.07) is 14.0. The van der Waals surface area contributed by atoms with Gasteiger partial charge in [-0.05, 0) is 48.0 Å². The molecule has 0 saturated carbocycles. The predicted octanol–water partition coefficient (Wildman–Crippen LogP) is 4.50. The van der Waals surface area contributed by atoms with Crippen LogP contribution in [0.1, 0.15) is 17.2 Å². The van der Waals surface area contributed by atoms with Crippen LogP contribution >= 0.6 is 11.6 Å². The molecule has 3 aromatic rings. The number of amides is 1. The van der Waals surface area contributed by atoms with E-state index >= 15 is 0 Å². The molecule has 1 aliphatic rings. The van der Waals surface area contributed by atoms with E-state index in [2.05, 4.69) is 4.98 Å². The summed E-state index contributed by atoms with van der Waals surface area (Å²) in [5.74, 6) is -2.49. The lowest BCUT2D eigenvalue weighted by Gasteiger charge is -2.25. The van der Waals surface area contributed by atoms with Gasteiger partial charge in [0.05, 0.1) is 11.6 Å². The Balaban J connectivity index is 1.94. The molecule has 2 aromatic carbocycles.